The quantitative estimate of drug-likeness (QED) is 0.832. The first-order valence-electron chi connectivity index (χ1n) is 5.44. The zero-order valence-electron chi connectivity index (χ0n) is 9.30. The lowest BCUT2D eigenvalue weighted by molar-refractivity contribution is -0.124. The molecule has 1 amide bonds. The Morgan fingerprint density at radius 3 is 2.71 bits per heavy atom. The SMILES string of the molecule is O=C(NCc1ccncc1)C1CCS(=O)(=O)C1. The molecule has 1 aliphatic rings. The molecule has 1 saturated heterocycles. The van der Waals surface area contributed by atoms with Crippen molar-refractivity contribution in [2.24, 2.45) is 5.92 Å². The van der Waals surface area contributed by atoms with Gasteiger partial charge in [-0.05, 0) is 24.1 Å². The Kier molecular flexibility index (Phi) is 3.42. The number of carbonyl (C=O) groups is 1. The number of sulfone groups is 1. The summed E-state index contributed by atoms with van der Waals surface area (Å²) in [6.45, 7) is 0.415. The molecule has 2 heterocycles. The molecule has 1 aliphatic heterocycles. The van der Waals surface area contributed by atoms with Crippen LogP contribution in [0.5, 0.6) is 0 Å². The largest absolute Gasteiger partial charge is 0.352 e. The zero-order chi connectivity index (χ0) is 12.3. The fourth-order valence-corrected chi connectivity index (χ4v) is 3.58. The third kappa shape index (κ3) is 3.26. The number of hydrogen-bond donors (Lipinski definition) is 1. The Labute approximate surface area is 100 Å². The molecule has 17 heavy (non-hydrogen) atoms. The summed E-state index contributed by atoms with van der Waals surface area (Å²) in [6.07, 6.45) is 3.74. The summed E-state index contributed by atoms with van der Waals surface area (Å²) >= 11 is 0. The van der Waals surface area contributed by atoms with E-state index in [0.717, 1.165) is 5.56 Å². The predicted octanol–water partition coefficient (Wildman–Crippen LogP) is 0.132. The molecule has 1 aromatic heterocycles. The van der Waals surface area contributed by atoms with Crippen molar-refractivity contribution >= 4 is 15.7 Å². The van der Waals surface area contributed by atoms with Gasteiger partial charge >= 0.3 is 0 Å². The molecule has 0 saturated carbocycles. The van der Waals surface area contributed by atoms with Crippen LogP contribution in [0.15, 0.2) is 24.5 Å². The van der Waals surface area contributed by atoms with Gasteiger partial charge in [0.15, 0.2) is 9.84 Å². The van der Waals surface area contributed by atoms with E-state index in [9.17, 15) is 13.2 Å². The van der Waals surface area contributed by atoms with Crippen LogP contribution in [0.3, 0.4) is 0 Å². The normalized spacial score (nSPS) is 22.2. The Bertz CT molecular complexity index is 499. The van der Waals surface area contributed by atoms with Gasteiger partial charge in [-0.2, -0.15) is 0 Å². The summed E-state index contributed by atoms with van der Waals surface area (Å²) in [5.41, 5.74) is 0.953. The minimum Gasteiger partial charge on any atom is -0.352 e. The van der Waals surface area contributed by atoms with Crippen LogP contribution in [0, 0.1) is 5.92 Å². The fourth-order valence-electron chi connectivity index (χ4n) is 1.84. The number of amides is 1. The standard InChI is InChI=1S/C11H14N2O3S/c14-11(10-3-6-17(15,16)8-10)13-7-9-1-4-12-5-2-9/h1-2,4-5,10H,3,6-8H2,(H,13,14). The first-order valence-corrected chi connectivity index (χ1v) is 7.26. The Morgan fingerprint density at radius 2 is 2.12 bits per heavy atom. The van der Waals surface area contributed by atoms with Gasteiger partial charge in [0, 0.05) is 18.9 Å². The summed E-state index contributed by atoms with van der Waals surface area (Å²) in [5.74, 6) is -0.458. The number of nitrogens with zero attached hydrogens (tertiary/aromatic N) is 1. The van der Waals surface area contributed by atoms with E-state index in [4.69, 9.17) is 0 Å². The molecule has 0 aromatic carbocycles. The fraction of sp³-hybridized carbons (Fsp3) is 0.455. The number of aromatic nitrogens is 1. The summed E-state index contributed by atoms with van der Waals surface area (Å²) < 4.78 is 22.5. The molecular weight excluding hydrogens is 240 g/mol. The van der Waals surface area contributed by atoms with E-state index < -0.39 is 9.84 Å². The zero-order valence-corrected chi connectivity index (χ0v) is 10.1. The van der Waals surface area contributed by atoms with Crippen molar-refractivity contribution < 1.29 is 13.2 Å². The molecule has 0 aliphatic carbocycles. The number of nitrogens with one attached hydrogen (secondary N) is 1. The number of pyridine rings is 1. The lowest BCUT2D eigenvalue weighted by atomic mass is 10.1. The molecule has 6 heteroatoms. The monoisotopic (exact) mass is 254 g/mol. The van der Waals surface area contributed by atoms with Crippen LogP contribution < -0.4 is 5.32 Å². The third-order valence-electron chi connectivity index (χ3n) is 2.82. The first-order chi connectivity index (χ1) is 8.07. The summed E-state index contributed by atoms with van der Waals surface area (Å²) in [4.78, 5) is 15.6. The molecule has 2 rings (SSSR count). The smallest absolute Gasteiger partial charge is 0.224 e. The van der Waals surface area contributed by atoms with Crippen molar-refractivity contribution in [2.75, 3.05) is 11.5 Å². The minimum atomic E-state index is -2.99. The molecule has 0 radical (unpaired) electrons. The van der Waals surface area contributed by atoms with Crippen molar-refractivity contribution in [3.05, 3.63) is 30.1 Å². The second kappa shape index (κ2) is 4.83. The van der Waals surface area contributed by atoms with Crippen molar-refractivity contribution in [1.82, 2.24) is 10.3 Å². The Hall–Kier alpha value is -1.43. The average Bonchev–Trinajstić information content (AvgIpc) is 2.68. The predicted molar refractivity (Wildman–Crippen MR) is 62.8 cm³/mol. The molecule has 5 nitrogen and oxygen atoms in total. The molecule has 0 bridgehead atoms. The van der Waals surface area contributed by atoms with E-state index in [1.54, 1.807) is 12.4 Å². The number of rotatable bonds is 3. The molecule has 1 fully saturated rings. The topological polar surface area (TPSA) is 76.1 Å². The van der Waals surface area contributed by atoms with Crippen LogP contribution in [0.25, 0.3) is 0 Å². The van der Waals surface area contributed by atoms with Crippen LogP contribution >= 0.6 is 0 Å². The molecule has 1 atom stereocenters. The first kappa shape index (κ1) is 12.0. The molecule has 1 aromatic rings. The van der Waals surface area contributed by atoms with E-state index in [-0.39, 0.29) is 23.3 Å². The summed E-state index contributed by atoms with van der Waals surface area (Å²) in [6, 6.07) is 3.62. The van der Waals surface area contributed by atoms with E-state index in [1.165, 1.54) is 0 Å². The molecule has 0 spiro atoms. The van der Waals surface area contributed by atoms with Gasteiger partial charge in [-0.3, -0.25) is 9.78 Å². The molecule has 92 valence electrons. The highest BCUT2D eigenvalue weighted by molar-refractivity contribution is 7.91. The van der Waals surface area contributed by atoms with Crippen LogP contribution in [-0.2, 0) is 21.2 Å². The highest BCUT2D eigenvalue weighted by Crippen LogP contribution is 2.18. The van der Waals surface area contributed by atoms with Gasteiger partial charge in [0.25, 0.3) is 0 Å². The van der Waals surface area contributed by atoms with Crippen LogP contribution in [0.1, 0.15) is 12.0 Å². The van der Waals surface area contributed by atoms with Gasteiger partial charge in [-0.15, -0.1) is 0 Å². The van der Waals surface area contributed by atoms with Gasteiger partial charge in [-0.25, -0.2) is 8.42 Å². The van der Waals surface area contributed by atoms with E-state index >= 15 is 0 Å². The average molecular weight is 254 g/mol. The maximum Gasteiger partial charge on any atom is 0.224 e. The van der Waals surface area contributed by atoms with E-state index in [2.05, 4.69) is 10.3 Å². The Balaban J connectivity index is 1.87. The maximum atomic E-state index is 11.7. The molecule has 1 N–H and O–H groups in total. The van der Waals surface area contributed by atoms with Gasteiger partial charge in [0.05, 0.1) is 17.4 Å². The molecular formula is C11H14N2O3S. The van der Waals surface area contributed by atoms with E-state index in [0.29, 0.717) is 13.0 Å². The lowest BCUT2D eigenvalue weighted by Gasteiger charge is -2.09. The highest BCUT2D eigenvalue weighted by Gasteiger charge is 2.32. The second-order valence-corrected chi connectivity index (χ2v) is 6.40. The number of carbonyl (C=O) groups excluding carboxylic acids is 1. The summed E-state index contributed by atoms with van der Waals surface area (Å²) in [7, 11) is -2.99. The molecule has 1 unspecified atom stereocenters. The second-order valence-electron chi connectivity index (χ2n) is 4.17. The van der Waals surface area contributed by atoms with Gasteiger partial charge in [-0.1, -0.05) is 0 Å². The van der Waals surface area contributed by atoms with Crippen molar-refractivity contribution in [1.29, 1.82) is 0 Å². The minimum absolute atomic E-state index is 0.0187. The van der Waals surface area contributed by atoms with Crippen molar-refractivity contribution in [3.63, 3.8) is 0 Å². The van der Waals surface area contributed by atoms with Crippen LogP contribution in [-0.4, -0.2) is 30.8 Å². The van der Waals surface area contributed by atoms with Gasteiger partial charge < -0.3 is 5.32 Å². The van der Waals surface area contributed by atoms with Crippen molar-refractivity contribution in [3.8, 4) is 0 Å². The maximum absolute atomic E-state index is 11.7. The highest BCUT2D eigenvalue weighted by atomic mass is 32.2. The van der Waals surface area contributed by atoms with Gasteiger partial charge in [0.1, 0.15) is 0 Å². The summed E-state index contributed by atoms with van der Waals surface area (Å²) in [5, 5.41) is 2.75. The van der Waals surface area contributed by atoms with Crippen molar-refractivity contribution in [2.45, 2.75) is 13.0 Å². The Morgan fingerprint density at radius 1 is 1.41 bits per heavy atom. The third-order valence-corrected chi connectivity index (χ3v) is 4.59. The van der Waals surface area contributed by atoms with Crippen LogP contribution in [0.2, 0.25) is 0 Å². The van der Waals surface area contributed by atoms with E-state index in [1.807, 2.05) is 12.1 Å². The van der Waals surface area contributed by atoms with Crippen LogP contribution in [0.4, 0.5) is 0 Å². The lowest BCUT2D eigenvalue weighted by Crippen LogP contribution is -2.30. The number of hydrogen-bond acceptors (Lipinski definition) is 4. The van der Waals surface area contributed by atoms with Gasteiger partial charge in [0.2, 0.25) is 5.91 Å².